The van der Waals surface area contributed by atoms with Crippen molar-refractivity contribution in [2.75, 3.05) is 38.0 Å². The number of rotatable bonds is 6. The molecule has 1 saturated heterocycles. The predicted molar refractivity (Wildman–Crippen MR) is 109 cm³/mol. The highest BCUT2D eigenvalue weighted by Crippen LogP contribution is 2.29. The number of para-hydroxylation sites is 1. The number of amides is 2. The van der Waals surface area contributed by atoms with Gasteiger partial charge in [-0.25, -0.2) is 4.79 Å². The minimum atomic E-state index is -0.155. The first-order valence-corrected chi connectivity index (χ1v) is 10.2. The molecule has 6 heteroatoms. The van der Waals surface area contributed by atoms with E-state index in [4.69, 9.17) is 0 Å². The van der Waals surface area contributed by atoms with Crippen molar-refractivity contribution in [1.82, 2.24) is 15.1 Å². The topological polar surface area (TPSA) is 47.6 Å². The van der Waals surface area contributed by atoms with Gasteiger partial charge in [0.1, 0.15) is 0 Å². The number of hydrogen-bond acceptors (Lipinski definition) is 4. The zero-order valence-corrected chi connectivity index (χ0v) is 16.3. The highest BCUT2D eigenvalue weighted by Gasteiger charge is 2.30. The first kappa shape index (κ1) is 18.9. The van der Waals surface area contributed by atoms with Crippen LogP contribution in [-0.4, -0.2) is 54.6 Å². The van der Waals surface area contributed by atoms with Crippen molar-refractivity contribution in [3.8, 4) is 0 Å². The van der Waals surface area contributed by atoms with Gasteiger partial charge in [0.2, 0.25) is 0 Å². The van der Waals surface area contributed by atoms with Gasteiger partial charge in [-0.1, -0.05) is 31.2 Å². The van der Waals surface area contributed by atoms with E-state index < -0.39 is 0 Å². The third kappa shape index (κ3) is 4.84. The van der Waals surface area contributed by atoms with E-state index in [-0.39, 0.29) is 18.1 Å². The Hall–Kier alpha value is -1.89. The normalized spacial score (nSPS) is 18.2. The van der Waals surface area contributed by atoms with E-state index in [2.05, 4.69) is 51.8 Å². The summed E-state index contributed by atoms with van der Waals surface area (Å²) in [5.41, 5.74) is 0.807. The van der Waals surface area contributed by atoms with Crippen molar-refractivity contribution >= 4 is 23.1 Å². The number of benzene rings is 1. The Morgan fingerprint density at radius 1 is 1.12 bits per heavy atom. The lowest BCUT2D eigenvalue weighted by Crippen LogP contribution is -2.52. The highest BCUT2D eigenvalue weighted by atomic mass is 32.1. The van der Waals surface area contributed by atoms with Crippen LogP contribution in [0.1, 0.15) is 24.8 Å². The first-order chi connectivity index (χ1) is 12.7. The standard InChI is InChI=1S/C20H28N4OS/c1-3-23-11-13-24(14-12-23)19(18-10-7-15-26-18)16(2)21-20(25)22-17-8-5-4-6-9-17/h4-10,15-16,19H,3,11-14H2,1-2H3,(H2,21,22,25)/t16-,19+/m1/s1. The molecule has 0 aliphatic carbocycles. The summed E-state index contributed by atoms with van der Waals surface area (Å²) < 4.78 is 0. The molecule has 26 heavy (non-hydrogen) atoms. The molecule has 0 saturated carbocycles. The summed E-state index contributed by atoms with van der Waals surface area (Å²) in [6, 6.07) is 13.9. The fourth-order valence-electron chi connectivity index (χ4n) is 3.53. The molecular formula is C20H28N4OS. The molecule has 140 valence electrons. The SMILES string of the molecule is CCN1CCN([C@H](c2cccs2)[C@@H](C)NC(=O)Nc2ccccc2)CC1. The van der Waals surface area contributed by atoms with Crippen molar-refractivity contribution in [1.29, 1.82) is 0 Å². The van der Waals surface area contributed by atoms with E-state index in [1.807, 2.05) is 30.3 Å². The highest BCUT2D eigenvalue weighted by molar-refractivity contribution is 7.10. The zero-order chi connectivity index (χ0) is 18.4. The van der Waals surface area contributed by atoms with Crippen molar-refractivity contribution in [3.05, 3.63) is 52.7 Å². The van der Waals surface area contributed by atoms with Gasteiger partial charge >= 0.3 is 6.03 Å². The Labute approximate surface area is 160 Å². The number of likely N-dealkylation sites (N-methyl/N-ethyl adjacent to an activating group) is 1. The molecule has 1 fully saturated rings. The van der Waals surface area contributed by atoms with Gasteiger partial charge in [-0.15, -0.1) is 11.3 Å². The second kappa shape index (κ2) is 9.16. The fraction of sp³-hybridized carbons (Fsp3) is 0.450. The predicted octanol–water partition coefficient (Wildman–Crippen LogP) is 3.64. The van der Waals surface area contributed by atoms with Crippen molar-refractivity contribution in [3.63, 3.8) is 0 Å². The van der Waals surface area contributed by atoms with Crippen LogP contribution in [0.5, 0.6) is 0 Å². The van der Waals surface area contributed by atoms with E-state index in [1.165, 1.54) is 4.88 Å². The van der Waals surface area contributed by atoms with Gasteiger partial charge in [0, 0.05) is 42.8 Å². The molecule has 2 atom stereocenters. The maximum atomic E-state index is 12.4. The van der Waals surface area contributed by atoms with Crippen LogP contribution in [0.25, 0.3) is 0 Å². The van der Waals surface area contributed by atoms with Crippen LogP contribution in [0.2, 0.25) is 0 Å². The van der Waals surface area contributed by atoms with E-state index in [0.29, 0.717) is 0 Å². The van der Waals surface area contributed by atoms with Gasteiger partial charge in [0.15, 0.2) is 0 Å². The molecule has 2 N–H and O–H groups in total. The van der Waals surface area contributed by atoms with Gasteiger partial charge < -0.3 is 15.5 Å². The van der Waals surface area contributed by atoms with Gasteiger partial charge in [0.25, 0.3) is 0 Å². The Morgan fingerprint density at radius 3 is 2.46 bits per heavy atom. The van der Waals surface area contributed by atoms with Crippen molar-refractivity contribution < 1.29 is 4.79 Å². The Kier molecular flexibility index (Phi) is 6.66. The summed E-state index contributed by atoms with van der Waals surface area (Å²) >= 11 is 1.76. The number of anilines is 1. The molecule has 0 bridgehead atoms. The molecule has 2 aromatic rings. The smallest absolute Gasteiger partial charge is 0.319 e. The lowest BCUT2D eigenvalue weighted by atomic mass is 10.0. The third-order valence-electron chi connectivity index (χ3n) is 4.95. The van der Waals surface area contributed by atoms with E-state index in [0.717, 1.165) is 38.4 Å². The second-order valence-corrected chi connectivity index (χ2v) is 7.66. The summed E-state index contributed by atoms with van der Waals surface area (Å²) in [5, 5.41) is 8.17. The van der Waals surface area contributed by atoms with Crippen LogP contribution in [-0.2, 0) is 0 Å². The van der Waals surface area contributed by atoms with Crippen LogP contribution in [0.4, 0.5) is 10.5 Å². The molecule has 1 aliphatic heterocycles. The molecule has 0 radical (unpaired) electrons. The molecule has 1 aliphatic rings. The molecule has 1 aromatic carbocycles. The number of urea groups is 1. The molecule has 0 unspecified atom stereocenters. The summed E-state index contributed by atoms with van der Waals surface area (Å²) in [7, 11) is 0. The summed E-state index contributed by atoms with van der Waals surface area (Å²) in [6.07, 6.45) is 0. The van der Waals surface area contributed by atoms with Crippen molar-refractivity contribution in [2.24, 2.45) is 0 Å². The molecule has 1 aromatic heterocycles. The van der Waals surface area contributed by atoms with Crippen molar-refractivity contribution in [2.45, 2.75) is 25.9 Å². The summed E-state index contributed by atoms with van der Waals surface area (Å²) in [6.45, 7) is 9.64. The first-order valence-electron chi connectivity index (χ1n) is 9.29. The zero-order valence-electron chi connectivity index (χ0n) is 15.5. The maximum absolute atomic E-state index is 12.4. The van der Waals surface area contributed by atoms with E-state index >= 15 is 0 Å². The average Bonchev–Trinajstić information content (AvgIpc) is 3.17. The monoisotopic (exact) mass is 372 g/mol. The lowest BCUT2D eigenvalue weighted by molar-refractivity contribution is 0.0868. The lowest BCUT2D eigenvalue weighted by Gasteiger charge is -2.41. The summed E-state index contributed by atoms with van der Waals surface area (Å²) in [5.74, 6) is 0. The number of piperazine rings is 1. The third-order valence-corrected chi connectivity index (χ3v) is 5.89. The number of carbonyl (C=O) groups is 1. The summed E-state index contributed by atoms with van der Waals surface area (Å²) in [4.78, 5) is 18.7. The molecule has 2 amide bonds. The van der Waals surface area contributed by atoms with Gasteiger partial charge in [-0.05, 0) is 37.0 Å². The average molecular weight is 373 g/mol. The van der Waals surface area contributed by atoms with Gasteiger partial charge in [-0.3, -0.25) is 4.90 Å². The molecular weight excluding hydrogens is 344 g/mol. The molecule has 3 rings (SSSR count). The van der Waals surface area contributed by atoms with E-state index in [1.54, 1.807) is 11.3 Å². The Balaban J connectivity index is 1.65. The van der Waals surface area contributed by atoms with Crippen LogP contribution < -0.4 is 10.6 Å². The van der Waals surface area contributed by atoms with Crippen LogP contribution in [0, 0.1) is 0 Å². The fourth-order valence-corrected chi connectivity index (χ4v) is 4.50. The van der Waals surface area contributed by atoms with Crippen LogP contribution in [0.15, 0.2) is 47.8 Å². The maximum Gasteiger partial charge on any atom is 0.319 e. The minimum Gasteiger partial charge on any atom is -0.333 e. The van der Waals surface area contributed by atoms with Crippen LogP contribution in [0.3, 0.4) is 0 Å². The number of nitrogens with one attached hydrogen (secondary N) is 2. The van der Waals surface area contributed by atoms with Gasteiger partial charge in [-0.2, -0.15) is 0 Å². The molecule has 5 nitrogen and oxygen atoms in total. The largest absolute Gasteiger partial charge is 0.333 e. The Morgan fingerprint density at radius 2 is 1.85 bits per heavy atom. The van der Waals surface area contributed by atoms with E-state index in [9.17, 15) is 4.79 Å². The minimum absolute atomic E-state index is 0.0190. The number of thiophene rings is 1. The number of nitrogens with zero attached hydrogens (tertiary/aromatic N) is 2. The van der Waals surface area contributed by atoms with Gasteiger partial charge in [0.05, 0.1) is 6.04 Å². The quantitative estimate of drug-likeness (QED) is 0.814. The number of hydrogen-bond donors (Lipinski definition) is 2. The number of carbonyl (C=O) groups excluding carboxylic acids is 1. The van der Waals surface area contributed by atoms with Crippen LogP contribution >= 0.6 is 11.3 Å². The molecule has 0 spiro atoms. The molecule has 2 heterocycles. The second-order valence-electron chi connectivity index (χ2n) is 6.68. The Bertz CT molecular complexity index is 668.